The molecule has 0 radical (unpaired) electrons. The van der Waals surface area contributed by atoms with Crippen molar-refractivity contribution in [2.24, 2.45) is 0 Å². The third kappa shape index (κ3) is 2.61. The van der Waals surface area contributed by atoms with Crippen LogP contribution in [0.15, 0.2) is 18.5 Å². The van der Waals surface area contributed by atoms with E-state index in [4.69, 9.17) is 5.11 Å². The SMILES string of the molecule is CC(C)c1nc(-c2cc[nH]c2)c(CCC(=O)O)[nH]1. The number of nitrogens with one attached hydrogen (secondary N) is 2. The van der Waals surface area contributed by atoms with Crippen LogP contribution in [0.25, 0.3) is 11.3 Å². The number of imidazole rings is 1. The lowest BCUT2D eigenvalue weighted by atomic mass is 10.1. The molecule has 0 saturated heterocycles. The molecule has 96 valence electrons. The molecule has 2 aromatic heterocycles. The molecule has 0 atom stereocenters. The van der Waals surface area contributed by atoms with Crippen LogP contribution < -0.4 is 0 Å². The Morgan fingerprint density at radius 1 is 1.50 bits per heavy atom. The Hall–Kier alpha value is -2.04. The highest BCUT2D eigenvalue weighted by Gasteiger charge is 2.15. The van der Waals surface area contributed by atoms with Crippen LogP contribution in [0.3, 0.4) is 0 Å². The lowest BCUT2D eigenvalue weighted by Gasteiger charge is -1.98. The van der Waals surface area contributed by atoms with Crippen molar-refractivity contribution in [1.29, 1.82) is 0 Å². The van der Waals surface area contributed by atoms with Crippen LogP contribution in [0.1, 0.15) is 37.7 Å². The van der Waals surface area contributed by atoms with E-state index in [0.717, 1.165) is 22.8 Å². The zero-order chi connectivity index (χ0) is 13.1. The monoisotopic (exact) mass is 247 g/mol. The largest absolute Gasteiger partial charge is 0.481 e. The summed E-state index contributed by atoms with van der Waals surface area (Å²) in [6.07, 6.45) is 4.28. The maximum atomic E-state index is 10.7. The van der Waals surface area contributed by atoms with Crippen molar-refractivity contribution in [3.05, 3.63) is 30.0 Å². The minimum absolute atomic E-state index is 0.108. The van der Waals surface area contributed by atoms with Gasteiger partial charge in [0.1, 0.15) is 5.82 Å². The summed E-state index contributed by atoms with van der Waals surface area (Å²) in [5, 5.41) is 8.77. The number of carboxylic acid groups (broad SMARTS) is 1. The highest BCUT2D eigenvalue weighted by Crippen LogP contribution is 2.24. The molecule has 0 aliphatic heterocycles. The number of hydrogen-bond acceptors (Lipinski definition) is 2. The minimum Gasteiger partial charge on any atom is -0.481 e. The van der Waals surface area contributed by atoms with Gasteiger partial charge in [-0.2, -0.15) is 0 Å². The number of aliphatic carboxylic acids is 1. The predicted molar refractivity (Wildman–Crippen MR) is 68.4 cm³/mol. The van der Waals surface area contributed by atoms with Gasteiger partial charge < -0.3 is 15.1 Å². The molecule has 5 heteroatoms. The fourth-order valence-electron chi connectivity index (χ4n) is 1.83. The van der Waals surface area contributed by atoms with E-state index in [9.17, 15) is 4.79 Å². The first-order valence-electron chi connectivity index (χ1n) is 6.01. The molecule has 5 nitrogen and oxygen atoms in total. The fourth-order valence-corrected chi connectivity index (χ4v) is 1.83. The van der Waals surface area contributed by atoms with Gasteiger partial charge in [-0.1, -0.05) is 13.8 Å². The minimum atomic E-state index is -0.796. The first-order valence-corrected chi connectivity index (χ1v) is 6.01. The van der Waals surface area contributed by atoms with Gasteiger partial charge in [0.25, 0.3) is 0 Å². The standard InChI is InChI=1S/C13H17N3O2/c1-8(2)13-15-10(3-4-11(17)18)12(16-13)9-5-6-14-7-9/h5-8,14H,3-4H2,1-2H3,(H,15,16)(H,17,18). The Kier molecular flexibility index (Phi) is 3.50. The van der Waals surface area contributed by atoms with Gasteiger partial charge in [-0.05, 0) is 6.07 Å². The van der Waals surface area contributed by atoms with Crippen LogP contribution in [0.2, 0.25) is 0 Å². The van der Waals surface area contributed by atoms with Crippen molar-refractivity contribution in [3.63, 3.8) is 0 Å². The van der Waals surface area contributed by atoms with Crippen LogP contribution in [0.4, 0.5) is 0 Å². The molecular formula is C13H17N3O2. The van der Waals surface area contributed by atoms with E-state index >= 15 is 0 Å². The molecule has 18 heavy (non-hydrogen) atoms. The number of hydrogen-bond donors (Lipinski definition) is 3. The molecule has 3 N–H and O–H groups in total. The number of carboxylic acids is 1. The van der Waals surface area contributed by atoms with Gasteiger partial charge >= 0.3 is 5.97 Å². The van der Waals surface area contributed by atoms with Gasteiger partial charge in [0.2, 0.25) is 0 Å². The fraction of sp³-hybridized carbons (Fsp3) is 0.385. The van der Waals surface area contributed by atoms with E-state index in [1.807, 2.05) is 18.5 Å². The molecule has 0 amide bonds. The second kappa shape index (κ2) is 5.08. The summed E-state index contributed by atoms with van der Waals surface area (Å²) in [4.78, 5) is 21.5. The first-order chi connectivity index (χ1) is 8.58. The van der Waals surface area contributed by atoms with E-state index in [0.29, 0.717) is 12.3 Å². The molecule has 0 aromatic carbocycles. The van der Waals surface area contributed by atoms with Gasteiger partial charge in [0, 0.05) is 36.0 Å². The molecule has 2 aromatic rings. The van der Waals surface area contributed by atoms with Crippen molar-refractivity contribution in [2.75, 3.05) is 0 Å². The maximum Gasteiger partial charge on any atom is 0.303 e. The van der Waals surface area contributed by atoms with E-state index in [2.05, 4.69) is 28.8 Å². The molecule has 0 fully saturated rings. The Morgan fingerprint density at radius 3 is 2.83 bits per heavy atom. The summed E-state index contributed by atoms with van der Waals surface area (Å²) in [7, 11) is 0. The second-order valence-corrected chi connectivity index (χ2v) is 4.60. The summed E-state index contributed by atoms with van der Waals surface area (Å²) in [5.74, 6) is 0.392. The van der Waals surface area contributed by atoms with Crippen LogP contribution in [0.5, 0.6) is 0 Å². The highest BCUT2D eigenvalue weighted by atomic mass is 16.4. The van der Waals surface area contributed by atoms with Crippen LogP contribution in [0, 0.1) is 0 Å². The predicted octanol–water partition coefficient (Wildman–Crippen LogP) is 2.55. The summed E-state index contributed by atoms with van der Waals surface area (Å²) < 4.78 is 0. The molecule has 0 spiro atoms. The average Bonchev–Trinajstić information content (AvgIpc) is 2.95. The number of aryl methyl sites for hydroxylation is 1. The Morgan fingerprint density at radius 2 is 2.28 bits per heavy atom. The third-order valence-corrected chi connectivity index (χ3v) is 2.80. The zero-order valence-corrected chi connectivity index (χ0v) is 10.5. The number of carbonyl (C=O) groups is 1. The Bertz CT molecular complexity index is 526. The topological polar surface area (TPSA) is 81.8 Å². The number of nitrogens with zero attached hydrogens (tertiary/aromatic N) is 1. The quantitative estimate of drug-likeness (QED) is 0.759. The smallest absolute Gasteiger partial charge is 0.303 e. The summed E-state index contributed by atoms with van der Waals surface area (Å²) in [6.45, 7) is 4.11. The average molecular weight is 247 g/mol. The molecule has 2 rings (SSSR count). The van der Waals surface area contributed by atoms with Gasteiger partial charge in [-0.25, -0.2) is 4.98 Å². The molecule has 0 bridgehead atoms. The van der Waals surface area contributed by atoms with Crippen molar-refractivity contribution in [1.82, 2.24) is 15.0 Å². The Labute approximate surface area is 105 Å². The van der Waals surface area contributed by atoms with Gasteiger partial charge in [-0.3, -0.25) is 4.79 Å². The lowest BCUT2D eigenvalue weighted by molar-refractivity contribution is -0.136. The van der Waals surface area contributed by atoms with Crippen LogP contribution >= 0.6 is 0 Å². The summed E-state index contributed by atoms with van der Waals surface area (Å²) in [5.41, 5.74) is 2.72. The summed E-state index contributed by atoms with van der Waals surface area (Å²) >= 11 is 0. The van der Waals surface area contributed by atoms with Gasteiger partial charge in [0.05, 0.1) is 12.1 Å². The van der Waals surface area contributed by atoms with Crippen molar-refractivity contribution < 1.29 is 9.90 Å². The Balaban J connectivity index is 2.33. The molecule has 0 unspecified atom stereocenters. The van der Waals surface area contributed by atoms with E-state index < -0.39 is 5.97 Å². The molecule has 0 saturated carbocycles. The second-order valence-electron chi connectivity index (χ2n) is 4.60. The number of aromatic nitrogens is 3. The number of aromatic amines is 2. The van der Waals surface area contributed by atoms with Crippen molar-refractivity contribution in [2.45, 2.75) is 32.6 Å². The van der Waals surface area contributed by atoms with Crippen molar-refractivity contribution >= 4 is 5.97 Å². The molecular weight excluding hydrogens is 230 g/mol. The summed E-state index contributed by atoms with van der Waals surface area (Å²) in [6, 6.07) is 1.94. The molecule has 0 aliphatic carbocycles. The number of H-pyrrole nitrogens is 2. The van der Waals surface area contributed by atoms with Gasteiger partial charge in [-0.15, -0.1) is 0 Å². The third-order valence-electron chi connectivity index (χ3n) is 2.80. The van der Waals surface area contributed by atoms with Crippen LogP contribution in [-0.4, -0.2) is 26.0 Å². The first kappa shape index (κ1) is 12.4. The van der Waals surface area contributed by atoms with E-state index in [-0.39, 0.29) is 6.42 Å². The normalized spacial score (nSPS) is 11.1. The molecule has 0 aliphatic rings. The van der Waals surface area contributed by atoms with Crippen LogP contribution in [-0.2, 0) is 11.2 Å². The maximum absolute atomic E-state index is 10.7. The number of rotatable bonds is 5. The van der Waals surface area contributed by atoms with E-state index in [1.54, 1.807) is 0 Å². The van der Waals surface area contributed by atoms with E-state index in [1.165, 1.54) is 0 Å². The van der Waals surface area contributed by atoms with Crippen molar-refractivity contribution in [3.8, 4) is 11.3 Å². The zero-order valence-electron chi connectivity index (χ0n) is 10.5. The lowest BCUT2D eigenvalue weighted by Crippen LogP contribution is -1.99. The molecule has 2 heterocycles. The van der Waals surface area contributed by atoms with Gasteiger partial charge in [0.15, 0.2) is 0 Å². The highest BCUT2D eigenvalue weighted by molar-refractivity contribution is 5.68.